The quantitative estimate of drug-likeness (QED) is 0.0329. The van der Waals surface area contributed by atoms with Crippen molar-refractivity contribution in [2.45, 2.75) is 82.3 Å². The molecule has 1 heterocycles. The van der Waals surface area contributed by atoms with Crippen LogP contribution in [0.2, 0.25) is 0 Å². The molecule has 1 aliphatic rings. The SMILES string of the molecule is CCCC(NC(=O)[C@@H]1C[C@@H](OCc2ccccc2)CN1C(=O)[C@H](CCCC(=O)O)NC(=O)c1c(F)c(F)c(F)c(F)c1C(=O)O)C(=O)C(=O)NCC(=O)N[C@H](C(N)=O)c1ccccc1. The number of halogens is 4. The summed E-state index contributed by atoms with van der Waals surface area (Å²) in [6.07, 6.45) is -2.68. The Bertz CT molecular complexity index is 2270. The number of carboxylic acid groups (broad SMARTS) is 2. The van der Waals surface area contributed by atoms with Gasteiger partial charge in [0.2, 0.25) is 29.4 Å². The van der Waals surface area contributed by atoms with Gasteiger partial charge in [0.05, 0.1) is 30.9 Å². The average molecular weight is 901 g/mol. The number of hydrogen-bond donors (Lipinski definition) is 7. The molecule has 0 aromatic heterocycles. The second-order valence-corrected chi connectivity index (χ2v) is 14.5. The Kier molecular flexibility index (Phi) is 17.6. The van der Waals surface area contributed by atoms with E-state index in [1.54, 1.807) is 55.5 Å². The number of nitrogens with two attached hydrogens (primary N) is 1. The topological polar surface area (TPSA) is 281 Å². The number of aliphatic carboxylic acids is 1. The molecule has 4 rings (SSSR count). The highest BCUT2D eigenvalue weighted by molar-refractivity contribution is 6.38. The van der Waals surface area contributed by atoms with Gasteiger partial charge in [-0.1, -0.05) is 74.0 Å². The van der Waals surface area contributed by atoms with Gasteiger partial charge in [-0.25, -0.2) is 22.4 Å². The maximum Gasteiger partial charge on any atom is 0.339 e. The number of likely N-dealkylation sites (tertiary alicyclic amines) is 1. The molecule has 0 radical (unpaired) electrons. The number of carbonyl (C=O) groups is 9. The fourth-order valence-electron chi connectivity index (χ4n) is 6.80. The molecular formula is C42H44F4N6O12. The molecule has 6 amide bonds. The van der Waals surface area contributed by atoms with E-state index in [-0.39, 0.29) is 32.3 Å². The fourth-order valence-corrected chi connectivity index (χ4v) is 6.80. The van der Waals surface area contributed by atoms with Crippen molar-refractivity contribution >= 4 is 53.2 Å². The normalized spacial score (nSPS) is 15.9. The molecule has 1 unspecified atom stereocenters. The lowest BCUT2D eigenvalue weighted by Crippen LogP contribution is -2.56. The van der Waals surface area contributed by atoms with Crippen molar-refractivity contribution in [1.29, 1.82) is 0 Å². The first-order valence-electron chi connectivity index (χ1n) is 19.7. The smallest absolute Gasteiger partial charge is 0.339 e. The second kappa shape index (κ2) is 22.7. The van der Waals surface area contributed by atoms with Crippen molar-refractivity contribution in [3.05, 3.63) is 106 Å². The number of nitrogens with one attached hydrogen (secondary N) is 4. The first-order valence-corrected chi connectivity index (χ1v) is 19.7. The third kappa shape index (κ3) is 12.7. The first kappa shape index (κ1) is 49.4. The number of hydrogen-bond acceptors (Lipinski definition) is 10. The van der Waals surface area contributed by atoms with Gasteiger partial charge in [-0.2, -0.15) is 0 Å². The van der Waals surface area contributed by atoms with E-state index in [4.69, 9.17) is 10.5 Å². The molecule has 0 bridgehead atoms. The van der Waals surface area contributed by atoms with Gasteiger partial charge >= 0.3 is 11.9 Å². The fraction of sp³-hybridized carbons (Fsp3) is 0.357. The van der Waals surface area contributed by atoms with Crippen molar-refractivity contribution in [2.24, 2.45) is 5.73 Å². The van der Waals surface area contributed by atoms with Crippen LogP contribution in [0.1, 0.15) is 83.3 Å². The number of rotatable bonds is 22. The number of ether oxygens (including phenoxy) is 1. The number of carbonyl (C=O) groups excluding carboxylic acids is 7. The number of nitrogens with zero attached hydrogens (tertiary/aromatic N) is 1. The molecule has 0 aliphatic carbocycles. The summed E-state index contributed by atoms with van der Waals surface area (Å²) in [6.45, 7) is 0.395. The Morgan fingerprint density at radius 2 is 1.41 bits per heavy atom. The van der Waals surface area contributed by atoms with Crippen LogP contribution in [-0.2, 0) is 44.9 Å². The van der Waals surface area contributed by atoms with E-state index in [9.17, 15) is 70.9 Å². The van der Waals surface area contributed by atoms with Crippen molar-refractivity contribution in [3.63, 3.8) is 0 Å². The predicted octanol–water partition coefficient (Wildman–Crippen LogP) is 1.79. The van der Waals surface area contributed by atoms with E-state index in [2.05, 4.69) is 16.0 Å². The lowest BCUT2D eigenvalue weighted by Gasteiger charge is -2.29. The second-order valence-electron chi connectivity index (χ2n) is 14.5. The molecule has 18 nitrogen and oxygen atoms in total. The van der Waals surface area contributed by atoms with Crippen LogP contribution in [0.4, 0.5) is 17.6 Å². The van der Waals surface area contributed by atoms with E-state index in [1.807, 2.05) is 5.32 Å². The third-order valence-corrected chi connectivity index (χ3v) is 9.94. The number of amides is 6. The summed E-state index contributed by atoms with van der Waals surface area (Å²) >= 11 is 0. The van der Waals surface area contributed by atoms with Gasteiger partial charge in [0, 0.05) is 19.4 Å². The zero-order valence-electron chi connectivity index (χ0n) is 34.0. The Morgan fingerprint density at radius 1 is 0.797 bits per heavy atom. The highest BCUT2D eigenvalue weighted by atomic mass is 19.2. The van der Waals surface area contributed by atoms with Gasteiger partial charge < -0.3 is 46.9 Å². The molecule has 64 heavy (non-hydrogen) atoms. The molecule has 1 fully saturated rings. The minimum Gasteiger partial charge on any atom is -0.481 e. The third-order valence-electron chi connectivity index (χ3n) is 9.94. The maximum atomic E-state index is 15.0. The summed E-state index contributed by atoms with van der Waals surface area (Å²) in [6, 6.07) is 10.2. The van der Waals surface area contributed by atoms with E-state index in [0.29, 0.717) is 11.1 Å². The average Bonchev–Trinajstić information content (AvgIpc) is 3.70. The zero-order chi connectivity index (χ0) is 47.2. The minimum absolute atomic E-state index is 0.0319. The highest BCUT2D eigenvalue weighted by Crippen LogP contribution is 2.27. The number of ketones is 1. The first-order chi connectivity index (χ1) is 30.4. The number of Topliss-reactive ketones (excluding diaryl/α,β-unsaturated/α-hetero) is 1. The van der Waals surface area contributed by atoms with Crippen LogP contribution in [0.25, 0.3) is 0 Å². The lowest BCUT2D eigenvalue weighted by atomic mass is 10.0. The summed E-state index contributed by atoms with van der Waals surface area (Å²) in [5.41, 5.74) is 2.73. The van der Waals surface area contributed by atoms with Gasteiger partial charge in [-0.05, 0) is 30.4 Å². The van der Waals surface area contributed by atoms with E-state index in [1.165, 1.54) is 12.1 Å². The number of primary amides is 1. The molecular weight excluding hydrogens is 856 g/mol. The van der Waals surface area contributed by atoms with Gasteiger partial charge in [-0.3, -0.25) is 38.4 Å². The van der Waals surface area contributed by atoms with Gasteiger partial charge in [0.25, 0.3) is 11.8 Å². The summed E-state index contributed by atoms with van der Waals surface area (Å²) < 4.78 is 63.8. The predicted molar refractivity (Wildman–Crippen MR) is 212 cm³/mol. The van der Waals surface area contributed by atoms with Crippen molar-refractivity contribution in [3.8, 4) is 0 Å². The van der Waals surface area contributed by atoms with Crippen LogP contribution in [0.3, 0.4) is 0 Å². The molecule has 1 saturated heterocycles. The minimum atomic E-state index is -2.54. The summed E-state index contributed by atoms with van der Waals surface area (Å²) in [7, 11) is 0. The van der Waals surface area contributed by atoms with Crippen LogP contribution < -0.4 is 27.0 Å². The molecule has 22 heteroatoms. The van der Waals surface area contributed by atoms with Crippen molar-refractivity contribution in [2.75, 3.05) is 13.1 Å². The van der Waals surface area contributed by atoms with E-state index in [0.717, 1.165) is 4.90 Å². The number of benzene rings is 3. The Morgan fingerprint density at radius 3 is 1.98 bits per heavy atom. The van der Waals surface area contributed by atoms with Gasteiger partial charge in [0.15, 0.2) is 23.3 Å². The number of aromatic carboxylic acids is 1. The van der Waals surface area contributed by atoms with Crippen LogP contribution in [0.15, 0.2) is 60.7 Å². The number of carboxylic acids is 2. The van der Waals surface area contributed by atoms with Gasteiger partial charge in [0.1, 0.15) is 23.7 Å². The van der Waals surface area contributed by atoms with E-state index < -0.39 is 144 Å². The molecule has 3 aromatic rings. The van der Waals surface area contributed by atoms with Crippen LogP contribution in [0.5, 0.6) is 0 Å². The largest absolute Gasteiger partial charge is 0.481 e. The zero-order valence-corrected chi connectivity index (χ0v) is 34.0. The molecule has 0 spiro atoms. The van der Waals surface area contributed by atoms with Crippen LogP contribution in [0, 0.1) is 23.3 Å². The summed E-state index contributed by atoms with van der Waals surface area (Å²) in [5, 5.41) is 27.6. The molecule has 3 aromatic carbocycles. The summed E-state index contributed by atoms with van der Waals surface area (Å²) in [4.78, 5) is 117. The molecule has 0 saturated carbocycles. The highest BCUT2D eigenvalue weighted by Gasteiger charge is 2.44. The molecule has 5 atom stereocenters. The Labute approximate surface area is 361 Å². The van der Waals surface area contributed by atoms with Crippen LogP contribution >= 0.6 is 0 Å². The van der Waals surface area contributed by atoms with E-state index >= 15 is 0 Å². The lowest BCUT2D eigenvalue weighted by molar-refractivity contribution is -0.143. The molecule has 342 valence electrons. The standard InChI is InChI=1S/C42H44F4N6O12/c1-2-10-24(36(56)40(60)48-18-27(53)51-35(37(47)57)22-13-7-4-8-14-22)49-38(58)26-17-23(64-20-21-11-5-3-6-12-21)19-52(26)41(61)25(15-9-16-28(54)55)50-39(59)29-30(42(62)63)32(44)34(46)33(45)31(29)43/h3-8,11-14,23-26,35H,2,9-10,15-20H2,1H3,(H2,47,57)(H,48,60)(H,49,58)(H,50,59)(H,51,53)(H,54,55)(H,62,63)/t23-,24?,25+,26+,35+/m1/s1. The molecule has 8 N–H and O–H groups in total. The van der Waals surface area contributed by atoms with Gasteiger partial charge in [-0.15, -0.1) is 0 Å². The molecule has 1 aliphatic heterocycles. The Hall–Kier alpha value is -7.23. The monoisotopic (exact) mass is 900 g/mol. The summed E-state index contributed by atoms with van der Waals surface area (Å²) in [5.74, 6) is -22.1. The van der Waals surface area contributed by atoms with Crippen molar-refractivity contribution in [1.82, 2.24) is 26.2 Å². The van der Waals surface area contributed by atoms with Crippen LogP contribution in [-0.4, -0.2) is 106 Å². The van der Waals surface area contributed by atoms with Crippen molar-refractivity contribution < 1.29 is 75.7 Å². The maximum absolute atomic E-state index is 15.0. The Balaban J connectivity index is 1.59.